The van der Waals surface area contributed by atoms with Crippen LogP contribution in [0.25, 0.3) is 76.1 Å². The van der Waals surface area contributed by atoms with Crippen LogP contribution in [0.3, 0.4) is 0 Å². The van der Waals surface area contributed by atoms with E-state index >= 15 is 0 Å². The molecule has 0 aliphatic rings. The lowest BCUT2D eigenvalue weighted by Gasteiger charge is -2.25. The maximum Gasteiger partial charge on any atom is -0.00259 e. The van der Waals surface area contributed by atoms with Crippen molar-refractivity contribution in [1.29, 1.82) is 0 Å². The molecule has 0 saturated heterocycles. The van der Waals surface area contributed by atoms with Crippen LogP contribution < -0.4 is 0 Å². The highest BCUT2D eigenvalue weighted by atomic mass is 14.3. The van der Waals surface area contributed by atoms with Gasteiger partial charge < -0.3 is 0 Å². The van der Waals surface area contributed by atoms with E-state index in [-0.39, 0.29) is 10.8 Å². The van der Waals surface area contributed by atoms with Gasteiger partial charge in [-0.1, -0.05) is 151 Å². The molecule has 0 nitrogen and oxygen atoms in total. The van der Waals surface area contributed by atoms with Crippen LogP contribution in [0.5, 0.6) is 0 Å². The predicted octanol–water partition coefficient (Wildman–Crippen LogP) is 13.4. The Bertz CT molecular complexity index is 2400. The van der Waals surface area contributed by atoms with Crippen molar-refractivity contribution in [2.45, 2.75) is 52.4 Å². The van der Waals surface area contributed by atoms with Gasteiger partial charge in [0.25, 0.3) is 0 Å². The summed E-state index contributed by atoms with van der Waals surface area (Å²) in [7, 11) is 0. The molecule has 0 heterocycles. The summed E-state index contributed by atoms with van der Waals surface area (Å²) in [4.78, 5) is 0. The van der Waals surface area contributed by atoms with Crippen LogP contribution in [0, 0.1) is 0 Å². The lowest BCUT2D eigenvalue weighted by Crippen LogP contribution is -2.11. The van der Waals surface area contributed by atoms with Crippen molar-refractivity contribution in [1.82, 2.24) is 0 Å². The maximum atomic E-state index is 2.48. The summed E-state index contributed by atoms with van der Waals surface area (Å²) in [5.74, 6) is 0. The number of hydrogen-bond acceptors (Lipinski definition) is 0. The Kier molecular flexibility index (Phi) is 6.38. The van der Waals surface area contributed by atoms with Crippen molar-refractivity contribution in [2.24, 2.45) is 0 Å². The number of benzene rings is 8. The minimum atomic E-state index is 0.0269. The minimum absolute atomic E-state index is 0.0269. The summed E-state index contributed by atoms with van der Waals surface area (Å²) in [5, 5.41) is 12.9. The molecule has 0 bridgehead atoms. The fraction of sp³-hybridized carbons (Fsp3) is 0.174. The van der Waals surface area contributed by atoms with Gasteiger partial charge in [0.1, 0.15) is 0 Å². The van der Waals surface area contributed by atoms with E-state index in [1.165, 1.54) is 87.2 Å². The Hall–Kier alpha value is -4.94. The fourth-order valence-electron chi connectivity index (χ4n) is 7.30. The Morgan fingerprint density at radius 3 is 1.37 bits per heavy atom. The Labute approximate surface area is 272 Å². The van der Waals surface area contributed by atoms with Gasteiger partial charge in [0.2, 0.25) is 0 Å². The van der Waals surface area contributed by atoms with Crippen LogP contribution >= 0.6 is 0 Å². The van der Waals surface area contributed by atoms with E-state index in [1.54, 1.807) is 0 Å². The molecule has 0 fully saturated rings. The predicted molar refractivity (Wildman–Crippen MR) is 202 cm³/mol. The average Bonchev–Trinajstić information content (AvgIpc) is 3.05. The van der Waals surface area contributed by atoms with Crippen LogP contribution in [0.4, 0.5) is 0 Å². The molecule has 0 saturated carbocycles. The van der Waals surface area contributed by atoms with E-state index in [9.17, 15) is 0 Å². The second-order valence-electron chi connectivity index (χ2n) is 15.1. The normalized spacial score (nSPS) is 12.6. The van der Waals surface area contributed by atoms with Crippen molar-refractivity contribution >= 4 is 53.9 Å². The fourth-order valence-corrected chi connectivity index (χ4v) is 7.30. The second kappa shape index (κ2) is 10.3. The summed E-state index contributed by atoms with van der Waals surface area (Å²) in [6, 6.07) is 50.4. The molecule has 0 unspecified atom stereocenters. The van der Waals surface area contributed by atoms with Crippen LogP contribution in [-0.2, 0) is 10.8 Å². The van der Waals surface area contributed by atoms with E-state index in [0.29, 0.717) is 0 Å². The quantitative estimate of drug-likeness (QED) is 0.138. The second-order valence-corrected chi connectivity index (χ2v) is 15.1. The highest BCUT2D eigenvalue weighted by molar-refractivity contribution is 6.22. The Morgan fingerprint density at radius 2 is 0.739 bits per heavy atom. The highest BCUT2D eigenvalue weighted by Gasteiger charge is 2.23. The molecule has 8 aromatic rings. The van der Waals surface area contributed by atoms with Gasteiger partial charge in [-0.2, -0.15) is 0 Å². The van der Waals surface area contributed by atoms with Gasteiger partial charge in [0.15, 0.2) is 0 Å². The lowest BCUT2D eigenvalue weighted by molar-refractivity contribution is 0.591. The van der Waals surface area contributed by atoms with Crippen molar-refractivity contribution < 1.29 is 0 Å². The summed E-state index contributed by atoms with van der Waals surface area (Å²) in [5.41, 5.74) is 7.91. The third kappa shape index (κ3) is 4.67. The van der Waals surface area contributed by atoms with Gasteiger partial charge in [-0.05, 0) is 122 Å². The van der Waals surface area contributed by atoms with Gasteiger partial charge in [0.05, 0.1) is 0 Å². The smallest absolute Gasteiger partial charge is 0.00259 e. The molecular weight excluding hydrogens is 553 g/mol. The van der Waals surface area contributed by atoms with Crippen molar-refractivity contribution in [3.8, 4) is 22.3 Å². The highest BCUT2D eigenvalue weighted by Crippen LogP contribution is 2.47. The Balaban J connectivity index is 1.53. The molecule has 0 heteroatoms. The molecule has 0 atom stereocenters. The topological polar surface area (TPSA) is 0 Å². The summed E-state index contributed by atoms with van der Waals surface area (Å²) >= 11 is 0. The molecule has 0 amide bonds. The summed E-state index contributed by atoms with van der Waals surface area (Å²) < 4.78 is 0. The zero-order valence-corrected chi connectivity index (χ0v) is 27.7. The Morgan fingerprint density at radius 1 is 0.304 bits per heavy atom. The third-order valence-corrected chi connectivity index (χ3v) is 9.92. The first kappa shape index (κ1) is 28.5. The van der Waals surface area contributed by atoms with Crippen molar-refractivity contribution in [3.05, 3.63) is 145 Å². The van der Waals surface area contributed by atoms with Gasteiger partial charge in [-0.25, -0.2) is 0 Å². The average molecular weight is 593 g/mol. The van der Waals surface area contributed by atoms with E-state index in [0.717, 1.165) is 0 Å². The number of rotatable bonds is 2. The SMILES string of the molecule is CC(C)(C)c1ccc2c(-c3ccc4ccccc4c3)c3ccc(C(C)(C)C)cc3c(-c3ccc4c(ccc5ccccc54)c3)c2c1. The monoisotopic (exact) mass is 592 g/mol. The largest absolute Gasteiger partial charge is 0.0616 e. The lowest BCUT2D eigenvalue weighted by atomic mass is 9.79. The molecule has 0 aliphatic carbocycles. The molecule has 46 heavy (non-hydrogen) atoms. The van der Waals surface area contributed by atoms with Crippen LogP contribution in [0.1, 0.15) is 52.7 Å². The van der Waals surface area contributed by atoms with Crippen LogP contribution in [-0.4, -0.2) is 0 Å². The number of fused-ring (bicyclic) bond motifs is 6. The van der Waals surface area contributed by atoms with Crippen molar-refractivity contribution in [2.75, 3.05) is 0 Å². The van der Waals surface area contributed by atoms with Gasteiger partial charge in [-0.3, -0.25) is 0 Å². The third-order valence-electron chi connectivity index (χ3n) is 9.92. The minimum Gasteiger partial charge on any atom is -0.0616 e. The molecule has 224 valence electrons. The molecule has 8 rings (SSSR count). The van der Waals surface area contributed by atoms with E-state index < -0.39 is 0 Å². The van der Waals surface area contributed by atoms with Gasteiger partial charge >= 0.3 is 0 Å². The van der Waals surface area contributed by atoms with E-state index in [1.807, 2.05) is 0 Å². The maximum absolute atomic E-state index is 2.48. The summed E-state index contributed by atoms with van der Waals surface area (Å²) in [6.45, 7) is 13.9. The molecule has 0 radical (unpaired) electrons. The van der Waals surface area contributed by atoms with Gasteiger partial charge in [0, 0.05) is 0 Å². The van der Waals surface area contributed by atoms with E-state index in [2.05, 4.69) is 175 Å². The van der Waals surface area contributed by atoms with Crippen molar-refractivity contribution in [3.63, 3.8) is 0 Å². The zero-order chi connectivity index (χ0) is 31.8. The molecule has 0 aliphatic heterocycles. The number of hydrogen-bond donors (Lipinski definition) is 0. The van der Waals surface area contributed by atoms with Gasteiger partial charge in [-0.15, -0.1) is 0 Å². The molecule has 8 aromatic carbocycles. The summed E-state index contributed by atoms with van der Waals surface area (Å²) in [6.07, 6.45) is 0. The zero-order valence-electron chi connectivity index (χ0n) is 27.7. The van der Waals surface area contributed by atoms with Crippen LogP contribution in [0.15, 0.2) is 133 Å². The van der Waals surface area contributed by atoms with Crippen LogP contribution in [0.2, 0.25) is 0 Å². The first-order chi connectivity index (χ1) is 22.1. The molecular formula is C46H40. The molecule has 0 N–H and O–H groups in total. The first-order valence-corrected chi connectivity index (χ1v) is 16.5. The molecule has 0 spiro atoms. The standard InChI is InChI=1S/C46H40/c1-45(2,3)35-20-23-39-41(27-35)44(34-19-22-38-32(26-34)17-16-30-12-9-10-14-37(30)38)42-28-36(46(4,5)6)21-24-40(42)43(39)33-18-15-29-11-7-8-13-31(29)25-33/h7-28H,1-6H3. The molecule has 0 aromatic heterocycles. The van der Waals surface area contributed by atoms with E-state index in [4.69, 9.17) is 0 Å². The first-order valence-electron chi connectivity index (χ1n) is 16.5.